The summed E-state index contributed by atoms with van der Waals surface area (Å²) in [6.07, 6.45) is 0.504. The van der Waals surface area contributed by atoms with Crippen molar-refractivity contribution in [3.05, 3.63) is 131 Å². The molecular weight excluding hydrogens is 1120 g/mol. The number of likely N-dealkylation sites (tertiary alicyclic amines) is 2. The van der Waals surface area contributed by atoms with E-state index in [1.165, 1.54) is 11.9 Å². The first-order valence-corrected chi connectivity index (χ1v) is 30.1. The average Bonchev–Trinajstić information content (AvgIpc) is 2.46. The van der Waals surface area contributed by atoms with Crippen LogP contribution in [0.5, 0.6) is 0 Å². The maximum atomic E-state index is 14.9. The van der Waals surface area contributed by atoms with Crippen LogP contribution < -0.4 is 20.4 Å². The molecule has 2 aliphatic heterocycles. The number of tetrazole rings is 2. The molecule has 6 aromatic rings. The van der Waals surface area contributed by atoms with E-state index in [1.807, 2.05) is 121 Å². The van der Waals surface area contributed by atoms with Crippen molar-refractivity contribution in [2.75, 3.05) is 63.9 Å². The van der Waals surface area contributed by atoms with E-state index in [4.69, 9.17) is 14.2 Å². The van der Waals surface area contributed by atoms with Crippen LogP contribution in [0, 0.1) is 29.6 Å². The van der Waals surface area contributed by atoms with Crippen LogP contribution in [0.3, 0.4) is 0 Å². The van der Waals surface area contributed by atoms with E-state index >= 15 is 0 Å². The maximum absolute atomic E-state index is 14.9. The zero-order valence-corrected chi connectivity index (χ0v) is 51.4. The molecule has 2 aromatic heterocycles. The zero-order chi connectivity index (χ0) is 62.3. The minimum absolute atomic E-state index is 0.0662. The van der Waals surface area contributed by atoms with E-state index in [2.05, 4.69) is 77.5 Å². The first-order chi connectivity index (χ1) is 42.6. The minimum atomic E-state index is -1.20. The highest BCUT2D eigenvalue weighted by molar-refractivity contribution is 5.92. The number of anilines is 2. The molecule has 7 atom stereocenters. The number of aromatic nitrogens is 8. The smallest absolute Gasteiger partial charge is 0.410 e. The molecule has 23 heteroatoms. The molecule has 0 bridgehead atoms. The van der Waals surface area contributed by atoms with Crippen LogP contribution in [-0.2, 0) is 59.6 Å². The summed E-state index contributed by atoms with van der Waals surface area (Å²) in [6.45, 7) is 11.1. The monoisotopic (exact) mass is 1200 g/mol. The van der Waals surface area contributed by atoms with Crippen molar-refractivity contribution < 1.29 is 38.2 Å². The topological polar surface area (TPSA) is 240 Å². The molecule has 23 nitrogen and oxygen atoms in total. The first-order valence-electron chi connectivity index (χ1n) is 30.1. The highest BCUT2D eigenvalue weighted by Gasteiger charge is 2.41. The Balaban J connectivity index is 0.829. The minimum Gasteiger partial charge on any atom is -0.448 e. The van der Waals surface area contributed by atoms with E-state index in [0.717, 1.165) is 46.2 Å². The summed E-state index contributed by atoms with van der Waals surface area (Å²) in [6, 6.07) is 32.3. The van der Waals surface area contributed by atoms with Gasteiger partial charge < -0.3 is 44.4 Å². The number of hydrogen-bond acceptors (Lipinski definition) is 16. The number of ether oxygens (including phenoxy) is 3. The van der Waals surface area contributed by atoms with Crippen LogP contribution in [0.2, 0.25) is 0 Å². The van der Waals surface area contributed by atoms with Crippen LogP contribution in [0.15, 0.2) is 109 Å². The average molecular weight is 1200 g/mol. The van der Waals surface area contributed by atoms with E-state index in [-0.39, 0.29) is 61.5 Å². The van der Waals surface area contributed by atoms with Crippen molar-refractivity contribution in [2.24, 2.45) is 5.92 Å². The van der Waals surface area contributed by atoms with Gasteiger partial charge in [-0.2, -0.15) is 0 Å². The standard InChI is InChI=1S/C65H79N15O8/c1-44(2)59(81)66-57(61(83)77-35-23-29-50(77)41-79-63(68-70-72-79)74(6)39-48-25-13-11-14-26-48)46(4)86-37-21-9-10-22-38-87-47(5)58(62(84)78-36-24-30-51(78)42-80-64(69-71-73-80)75(7)40-49-27-15-12-16-28-49)67-60(82)45(3)76(8)65(85)88-43-56-54-33-19-17-31-52(54)53-32-18-20-34-55(53)56/h11-20,25-28,31-34,44-47,50-51,56-58H,23-24,29-30,35-43H2,1-8H3,(H,66,81)(H,67,82)/t45-,46+,47?,50?,51-,57-,58-/m0/s1. The van der Waals surface area contributed by atoms with Gasteiger partial charge in [0.05, 0.1) is 37.4 Å². The molecule has 0 spiro atoms. The van der Waals surface area contributed by atoms with Gasteiger partial charge in [0.2, 0.25) is 35.5 Å². The molecule has 2 saturated heterocycles. The number of nitrogens with zero attached hydrogens (tertiary/aromatic N) is 13. The second-order valence-electron chi connectivity index (χ2n) is 23.0. The third-order valence-electron chi connectivity index (χ3n) is 16.6. The Morgan fingerprint density at radius 2 is 1.02 bits per heavy atom. The Hall–Kier alpha value is -9.19. The van der Waals surface area contributed by atoms with Gasteiger partial charge >= 0.3 is 6.09 Å². The molecule has 2 N–H and O–H groups in total. The number of carbonyl (C=O) groups is 5. The van der Waals surface area contributed by atoms with Crippen molar-refractivity contribution in [3.63, 3.8) is 0 Å². The quantitative estimate of drug-likeness (QED) is 0.0689. The summed E-state index contributed by atoms with van der Waals surface area (Å²) < 4.78 is 21.6. The predicted molar refractivity (Wildman–Crippen MR) is 330 cm³/mol. The summed E-state index contributed by atoms with van der Waals surface area (Å²) in [5, 5.41) is 31.0. The van der Waals surface area contributed by atoms with Gasteiger partial charge in [-0.25, -0.2) is 14.2 Å². The Bertz CT molecular complexity index is 3440. The zero-order valence-electron chi connectivity index (χ0n) is 51.4. The SMILES string of the molecule is CC(C)C(=O)N[C@H](C(=O)N1CCCC1Cn1nnnc1N(C)Cc1ccccc1)[C@@H](C)OCC#CC#CCOC(C)[C@H](NC(=O)[C@H](C)N(C)C(=O)OCC1c2ccccc2-c2ccccc21)C(=O)N1CCC[C@H]1Cn1nnnc1N(C)Cc1ccccc1. The van der Waals surface area contributed by atoms with Gasteiger partial charge in [0.1, 0.15) is 37.9 Å². The van der Waals surface area contributed by atoms with Gasteiger partial charge in [0.15, 0.2) is 0 Å². The number of nitrogens with one attached hydrogen (secondary N) is 2. The van der Waals surface area contributed by atoms with Gasteiger partial charge in [0.25, 0.3) is 0 Å². The van der Waals surface area contributed by atoms with E-state index < -0.39 is 42.3 Å². The summed E-state index contributed by atoms with van der Waals surface area (Å²) in [5.41, 5.74) is 6.48. The molecule has 0 saturated carbocycles. The van der Waals surface area contributed by atoms with Crippen LogP contribution in [0.1, 0.15) is 88.5 Å². The molecular formula is C65H79N15O8. The molecule has 3 aliphatic rings. The van der Waals surface area contributed by atoms with Crippen molar-refractivity contribution in [1.82, 2.24) is 65.7 Å². The van der Waals surface area contributed by atoms with E-state index in [1.54, 1.807) is 53.8 Å². The fourth-order valence-electron chi connectivity index (χ4n) is 11.5. The summed E-state index contributed by atoms with van der Waals surface area (Å²) in [7, 11) is 5.32. The van der Waals surface area contributed by atoms with Gasteiger partial charge in [-0.1, -0.05) is 145 Å². The lowest BCUT2D eigenvalue weighted by molar-refractivity contribution is -0.142. The molecule has 0 radical (unpaired) electrons. The van der Waals surface area contributed by atoms with Crippen LogP contribution >= 0.6 is 0 Å². The normalized spacial score (nSPS) is 16.8. The maximum Gasteiger partial charge on any atom is 0.410 e. The van der Waals surface area contributed by atoms with E-state index in [9.17, 15) is 24.0 Å². The van der Waals surface area contributed by atoms with Crippen molar-refractivity contribution in [1.29, 1.82) is 0 Å². The lowest BCUT2D eigenvalue weighted by Crippen LogP contribution is -2.58. The number of carbonyl (C=O) groups excluding carboxylic acids is 5. The summed E-state index contributed by atoms with van der Waals surface area (Å²) in [4.78, 5) is 79.2. The molecule has 88 heavy (non-hydrogen) atoms. The Labute approximate surface area is 514 Å². The van der Waals surface area contributed by atoms with Crippen molar-refractivity contribution in [3.8, 4) is 34.8 Å². The Morgan fingerprint density at radius 1 is 0.591 bits per heavy atom. The highest BCUT2D eigenvalue weighted by atomic mass is 16.6. The van der Waals surface area contributed by atoms with E-state index in [0.29, 0.717) is 64.0 Å². The van der Waals surface area contributed by atoms with Crippen LogP contribution in [0.25, 0.3) is 11.1 Å². The molecule has 462 valence electrons. The number of amides is 5. The fourth-order valence-corrected chi connectivity index (χ4v) is 11.5. The molecule has 4 heterocycles. The largest absolute Gasteiger partial charge is 0.448 e. The summed E-state index contributed by atoms with van der Waals surface area (Å²) >= 11 is 0. The molecule has 1 aliphatic carbocycles. The van der Waals surface area contributed by atoms with Crippen LogP contribution in [-0.4, -0.2) is 181 Å². The first kappa shape index (κ1) is 63.3. The molecule has 4 aromatic carbocycles. The number of benzene rings is 4. The van der Waals surface area contributed by atoms with Gasteiger partial charge in [-0.05, 0) is 113 Å². The molecule has 2 fully saturated rings. The van der Waals surface area contributed by atoms with Crippen LogP contribution in [0.4, 0.5) is 16.7 Å². The van der Waals surface area contributed by atoms with Gasteiger partial charge in [-0.3, -0.25) is 24.1 Å². The Morgan fingerprint density at radius 3 is 1.48 bits per heavy atom. The number of likely N-dealkylation sites (N-methyl/N-ethyl adjacent to an activating group) is 1. The van der Waals surface area contributed by atoms with Crippen molar-refractivity contribution in [2.45, 2.75) is 135 Å². The highest BCUT2D eigenvalue weighted by Crippen LogP contribution is 2.44. The Kier molecular flexibility index (Phi) is 21.5. The van der Waals surface area contributed by atoms with Gasteiger partial charge in [0, 0.05) is 59.2 Å². The second kappa shape index (κ2) is 29.9. The molecule has 9 rings (SSSR count). The fraction of sp³-hybridized carbons (Fsp3) is 0.462. The summed E-state index contributed by atoms with van der Waals surface area (Å²) in [5.74, 6) is 10.3. The second-order valence-corrected chi connectivity index (χ2v) is 23.0. The predicted octanol–water partition coefficient (Wildman–Crippen LogP) is 5.33. The lowest BCUT2D eigenvalue weighted by Gasteiger charge is -2.33. The van der Waals surface area contributed by atoms with Crippen molar-refractivity contribution >= 4 is 41.6 Å². The molecule has 2 unspecified atom stereocenters. The lowest BCUT2D eigenvalue weighted by atomic mass is 9.98. The number of rotatable bonds is 25. The number of hydrogen-bond donors (Lipinski definition) is 2. The third kappa shape index (κ3) is 15.5. The third-order valence-corrected chi connectivity index (χ3v) is 16.6. The van der Waals surface area contributed by atoms with Gasteiger partial charge in [-0.15, -0.1) is 0 Å². The number of fused-ring (bicyclic) bond motifs is 3. The molecule has 5 amide bonds.